The molecule has 1 aliphatic heterocycles. The molecule has 1 amide bonds. The first kappa shape index (κ1) is 24.4. The zero-order valence-electron chi connectivity index (χ0n) is 21.0. The van der Waals surface area contributed by atoms with Gasteiger partial charge in [-0.25, -0.2) is 14.8 Å². The molecule has 2 aromatic heterocycles. The molecule has 190 valence electrons. The monoisotopic (exact) mass is 500 g/mol. The van der Waals surface area contributed by atoms with Gasteiger partial charge in [-0.3, -0.25) is 4.90 Å². The van der Waals surface area contributed by atoms with Crippen molar-refractivity contribution in [3.8, 4) is 5.88 Å². The molecule has 9 heteroatoms. The Labute approximate surface area is 211 Å². The van der Waals surface area contributed by atoms with Crippen LogP contribution in [0.5, 0.6) is 5.88 Å². The first-order chi connectivity index (χ1) is 16.8. The minimum Gasteiger partial charge on any atom is -0.474 e. The molecule has 5 rings (SSSR count). The number of carbonyl (C=O) groups is 2. The lowest BCUT2D eigenvalue weighted by atomic mass is 9.91. The molecular formula is C26H36N4O4S. The van der Waals surface area contributed by atoms with Gasteiger partial charge in [0, 0.05) is 43.5 Å². The number of hydrogen-bond acceptors (Lipinski definition) is 8. The molecule has 3 heterocycles. The third-order valence-corrected chi connectivity index (χ3v) is 8.65. The summed E-state index contributed by atoms with van der Waals surface area (Å²) in [6.45, 7) is 8.93. The summed E-state index contributed by atoms with van der Waals surface area (Å²) >= 11 is 1.73. The van der Waals surface area contributed by atoms with E-state index < -0.39 is 5.60 Å². The van der Waals surface area contributed by atoms with Crippen LogP contribution in [0.25, 0.3) is 10.2 Å². The number of aryl methyl sites for hydroxylation is 1. The third-order valence-electron chi connectivity index (χ3n) is 7.48. The summed E-state index contributed by atoms with van der Waals surface area (Å²) < 4.78 is 12.0. The Morgan fingerprint density at radius 1 is 1.11 bits per heavy atom. The average Bonchev–Trinajstić information content (AvgIpc) is 3.39. The fourth-order valence-electron chi connectivity index (χ4n) is 5.76. The zero-order valence-corrected chi connectivity index (χ0v) is 21.8. The largest absolute Gasteiger partial charge is 0.474 e. The van der Waals surface area contributed by atoms with Crippen LogP contribution in [0.3, 0.4) is 0 Å². The van der Waals surface area contributed by atoms with E-state index in [1.807, 2.05) is 25.7 Å². The molecule has 0 aromatic carbocycles. The van der Waals surface area contributed by atoms with Crippen molar-refractivity contribution < 1.29 is 19.1 Å². The molecule has 1 saturated carbocycles. The molecule has 1 atom stereocenters. The minimum absolute atomic E-state index is 0.147. The van der Waals surface area contributed by atoms with E-state index >= 15 is 0 Å². The van der Waals surface area contributed by atoms with Gasteiger partial charge in [-0.2, -0.15) is 0 Å². The molecule has 2 aliphatic carbocycles. The van der Waals surface area contributed by atoms with Gasteiger partial charge in [0.15, 0.2) is 0 Å². The predicted octanol–water partition coefficient (Wildman–Crippen LogP) is 4.55. The van der Waals surface area contributed by atoms with Crippen LogP contribution in [0.2, 0.25) is 0 Å². The number of carbonyl (C=O) groups excluding carboxylic acids is 2. The molecule has 35 heavy (non-hydrogen) atoms. The highest BCUT2D eigenvalue weighted by atomic mass is 32.1. The summed E-state index contributed by atoms with van der Waals surface area (Å²) in [4.78, 5) is 39.3. The molecule has 8 nitrogen and oxygen atoms in total. The van der Waals surface area contributed by atoms with Gasteiger partial charge in [0.1, 0.15) is 29.1 Å². The van der Waals surface area contributed by atoms with Crippen LogP contribution in [-0.2, 0) is 16.0 Å². The van der Waals surface area contributed by atoms with E-state index in [2.05, 4.69) is 14.9 Å². The highest BCUT2D eigenvalue weighted by Gasteiger charge is 2.33. The molecule has 0 spiro atoms. The number of nitrogens with zero attached hydrogens (tertiary/aromatic N) is 4. The van der Waals surface area contributed by atoms with Gasteiger partial charge in [-0.1, -0.05) is 0 Å². The summed E-state index contributed by atoms with van der Waals surface area (Å²) in [5.41, 5.74) is 0.796. The number of ether oxygens (including phenoxy) is 2. The van der Waals surface area contributed by atoms with Crippen molar-refractivity contribution in [1.82, 2.24) is 19.8 Å². The third kappa shape index (κ3) is 5.31. The van der Waals surface area contributed by atoms with E-state index in [0.29, 0.717) is 18.3 Å². The normalized spacial score (nSPS) is 25.5. The standard InChI is InChI=1S/C26H36N4O4S/c1-26(2,3)34-25(32)30-13-11-29(12-14-30)18-5-7-19(8-6-18)33-23-22-21-17(10-15-31)4-9-20(21)35-24(22)28-16-27-23/h15-19H,4-14H2,1-3H3/t17-,18-,19-/m1/s1. The van der Waals surface area contributed by atoms with Crippen LogP contribution in [0.15, 0.2) is 6.33 Å². The van der Waals surface area contributed by atoms with Crippen LogP contribution >= 0.6 is 11.3 Å². The summed E-state index contributed by atoms with van der Waals surface area (Å²) in [5.74, 6) is 0.958. The maximum absolute atomic E-state index is 12.4. The molecule has 2 fully saturated rings. The van der Waals surface area contributed by atoms with Gasteiger partial charge in [-0.15, -0.1) is 11.3 Å². The number of rotatable bonds is 5. The Balaban J connectivity index is 1.17. The van der Waals surface area contributed by atoms with Crippen molar-refractivity contribution in [2.24, 2.45) is 0 Å². The second-order valence-electron chi connectivity index (χ2n) is 11.0. The van der Waals surface area contributed by atoms with Crippen LogP contribution in [0, 0.1) is 0 Å². The van der Waals surface area contributed by atoms with E-state index in [0.717, 1.165) is 81.2 Å². The summed E-state index contributed by atoms with van der Waals surface area (Å²) in [6.07, 6.45) is 9.32. The first-order valence-corrected chi connectivity index (χ1v) is 13.7. The van der Waals surface area contributed by atoms with Crippen LogP contribution in [-0.4, -0.2) is 76.1 Å². The number of piperazine rings is 1. The number of amides is 1. The summed E-state index contributed by atoms with van der Waals surface area (Å²) in [5, 5.41) is 1.04. The Hall–Kier alpha value is -2.26. The lowest BCUT2D eigenvalue weighted by molar-refractivity contribution is -0.108. The maximum atomic E-state index is 12.4. The van der Waals surface area contributed by atoms with Crippen LogP contribution in [0.4, 0.5) is 4.79 Å². The van der Waals surface area contributed by atoms with Gasteiger partial charge < -0.3 is 19.2 Å². The summed E-state index contributed by atoms with van der Waals surface area (Å²) in [7, 11) is 0. The number of aromatic nitrogens is 2. The fourth-order valence-corrected chi connectivity index (χ4v) is 6.99. The quantitative estimate of drug-likeness (QED) is 0.557. The molecule has 0 radical (unpaired) electrons. The van der Waals surface area contributed by atoms with Crippen molar-refractivity contribution in [3.63, 3.8) is 0 Å². The summed E-state index contributed by atoms with van der Waals surface area (Å²) in [6, 6.07) is 0.531. The first-order valence-electron chi connectivity index (χ1n) is 12.9. The van der Waals surface area contributed by atoms with Gasteiger partial charge in [0.2, 0.25) is 5.88 Å². The fraction of sp³-hybridized carbons (Fsp3) is 0.692. The molecule has 1 saturated heterocycles. The van der Waals surface area contributed by atoms with Crippen molar-refractivity contribution in [2.75, 3.05) is 26.2 Å². The lowest BCUT2D eigenvalue weighted by Crippen LogP contribution is -2.53. The van der Waals surface area contributed by atoms with Gasteiger partial charge >= 0.3 is 6.09 Å². The van der Waals surface area contributed by atoms with Crippen molar-refractivity contribution in [1.29, 1.82) is 0 Å². The topological polar surface area (TPSA) is 84.9 Å². The Bertz CT molecular complexity index is 1070. The number of hydrogen-bond donors (Lipinski definition) is 0. The highest BCUT2D eigenvalue weighted by Crippen LogP contribution is 2.47. The van der Waals surface area contributed by atoms with Crippen molar-refractivity contribution >= 4 is 33.9 Å². The lowest BCUT2D eigenvalue weighted by Gasteiger charge is -2.42. The molecular weight excluding hydrogens is 464 g/mol. The number of aldehydes is 1. The second-order valence-corrected chi connectivity index (χ2v) is 12.1. The molecule has 0 N–H and O–H groups in total. The molecule has 0 bridgehead atoms. The van der Waals surface area contributed by atoms with E-state index in [-0.39, 0.29) is 18.1 Å². The van der Waals surface area contributed by atoms with Crippen LogP contribution in [0.1, 0.15) is 75.7 Å². The van der Waals surface area contributed by atoms with E-state index in [4.69, 9.17) is 9.47 Å². The Kier molecular flexibility index (Phi) is 6.99. The van der Waals surface area contributed by atoms with Gasteiger partial charge in [0.05, 0.1) is 5.39 Å². The zero-order chi connectivity index (χ0) is 24.6. The number of fused-ring (bicyclic) bond motifs is 3. The van der Waals surface area contributed by atoms with Crippen molar-refractivity contribution in [3.05, 3.63) is 16.8 Å². The Morgan fingerprint density at radius 2 is 1.86 bits per heavy atom. The van der Waals surface area contributed by atoms with Crippen molar-refractivity contribution in [2.45, 2.75) is 89.4 Å². The van der Waals surface area contributed by atoms with E-state index in [9.17, 15) is 9.59 Å². The van der Waals surface area contributed by atoms with E-state index in [1.54, 1.807) is 17.7 Å². The van der Waals surface area contributed by atoms with Crippen LogP contribution < -0.4 is 4.74 Å². The molecule has 2 aromatic rings. The average molecular weight is 501 g/mol. The SMILES string of the molecule is CC(C)(C)OC(=O)N1CCN([C@H]2CC[C@H](Oc3ncnc4sc5c(c34)[C@@H](CC=O)CC5)CC2)CC1. The molecule has 0 unspecified atom stereocenters. The smallest absolute Gasteiger partial charge is 0.410 e. The molecule has 3 aliphatic rings. The van der Waals surface area contributed by atoms with E-state index in [1.165, 1.54) is 10.4 Å². The van der Waals surface area contributed by atoms with Gasteiger partial charge in [0.25, 0.3) is 0 Å². The second kappa shape index (κ2) is 10.0. The van der Waals surface area contributed by atoms with Gasteiger partial charge in [-0.05, 0) is 70.8 Å². The maximum Gasteiger partial charge on any atom is 0.410 e. The minimum atomic E-state index is -0.458. The predicted molar refractivity (Wildman–Crippen MR) is 135 cm³/mol. The number of thiophene rings is 1. The Morgan fingerprint density at radius 3 is 2.54 bits per heavy atom. The highest BCUT2D eigenvalue weighted by molar-refractivity contribution is 7.19.